The van der Waals surface area contributed by atoms with E-state index in [9.17, 15) is 4.79 Å². The summed E-state index contributed by atoms with van der Waals surface area (Å²) in [7, 11) is 0. The van der Waals surface area contributed by atoms with Crippen LogP contribution in [0.5, 0.6) is 0 Å². The molecule has 3 rings (SSSR count). The van der Waals surface area contributed by atoms with Gasteiger partial charge >= 0.3 is 0 Å². The molecule has 1 amide bonds. The van der Waals surface area contributed by atoms with Crippen molar-refractivity contribution in [3.63, 3.8) is 0 Å². The molecule has 0 aliphatic carbocycles. The molecule has 0 aliphatic heterocycles. The normalized spacial score (nSPS) is 10.5. The van der Waals surface area contributed by atoms with E-state index >= 15 is 0 Å². The smallest absolute Gasteiger partial charge is 0.258 e. The minimum absolute atomic E-state index is 0.202. The van der Waals surface area contributed by atoms with Crippen LogP contribution >= 0.6 is 15.9 Å². The lowest BCUT2D eigenvalue weighted by Gasteiger charge is -2.10. The lowest BCUT2D eigenvalue weighted by molar-refractivity contribution is 0.102. The lowest BCUT2D eigenvalue weighted by Crippen LogP contribution is -2.16. The van der Waals surface area contributed by atoms with E-state index < -0.39 is 0 Å². The minimum atomic E-state index is -0.202. The molecule has 0 unspecified atom stereocenters. The molecule has 1 aromatic carbocycles. The molecule has 0 fully saturated rings. The quantitative estimate of drug-likeness (QED) is 0.762. The summed E-state index contributed by atoms with van der Waals surface area (Å²) in [6, 6.07) is 13.3. The third kappa shape index (κ3) is 3.65. The standard InChI is InChI=1S/C17H15BrN4O/c1-12-6-7-13(10-19-12)17(23)21-16-8-9-20-22(16)11-14-4-2-3-5-15(14)18/h2-10H,11H2,1H3,(H,21,23). The van der Waals surface area contributed by atoms with Crippen molar-refractivity contribution in [2.45, 2.75) is 13.5 Å². The second-order valence-electron chi connectivity index (χ2n) is 5.11. The van der Waals surface area contributed by atoms with Gasteiger partial charge in [-0.2, -0.15) is 5.10 Å². The molecule has 2 heterocycles. The summed E-state index contributed by atoms with van der Waals surface area (Å²) in [5.74, 6) is 0.442. The fourth-order valence-corrected chi connectivity index (χ4v) is 2.55. The highest BCUT2D eigenvalue weighted by atomic mass is 79.9. The summed E-state index contributed by atoms with van der Waals surface area (Å²) in [4.78, 5) is 16.4. The maximum Gasteiger partial charge on any atom is 0.258 e. The molecule has 1 N–H and O–H groups in total. The van der Waals surface area contributed by atoms with Crippen LogP contribution in [0.3, 0.4) is 0 Å². The van der Waals surface area contributed by atoms with Gasteiger partial charge in [0.1, 0.15) is 5.82 Å². The Balaban J connectivity index is 1.77. The molecule has 2 aromatic heterocycles. The van der Waals surface area contributed by atoms with E-state index in [0.717, 1.165) is 15.7 Å². The van der Waals surface area contributed by atoms with Gasteiger partial charge in [-0.25, -0.2) is 4.68 Å². The first kappa shape index (κ1) is 15.4. The maximum absolute atomic E-state index is 12.3. The number of anilines is 1. The van der Waals surface area contributed by atoms with Crippen molar-refractivity contribution >= 4 is 27.7 Å². The van der Waals surface area contributed by atoms with E-state index in [1.54, 1.807) is 29.2 Å². The molecule has 0 bridgehead atoms. The summed E-state index contributed by atoms with van der Waals surface area (Å²) in [6.07, 6.45) is 3.24. The van der Waals surface area contributed by atoms with Crippen molar-refractivity contribution in [3.05, 3.63) is 76.2 Å². The third-order valence-corrected chi connectivity index (χ3v) is 4.18. The summed E-state index contributed by atoms with van der Waals surface area (Å²) < 4.78 is 2.76. The Kier molecular flexibility index (Phi) is 4.52. The topological polar surface area (TPSA) is 59.8 Å². The SMILES string of the molecule is Cc1ccc(C(=O)Nc2ccnn2Cc2ccccc2Br)cn1. The summed E-state index contributed by atoms with van der Waals surface area (Å²) in [6.45, 7) is 2.45. The fourth-order valence-electron chi connectivity index (χ4n) is 2.14. The third-order valence-electron chi connectivity index (χ3n) is 3.41. The van der Waals surface area contributed by atoms with Crippen molar-refractivity contribution < 1.29 is 4.79 Å². The predicted molar refractivity (Wildman–Crippen MR) is 92.4 cm³/mol. The molecule has 0 radical (unpaired) electrons. The number of carbonyl (C=O) groups excluding carboxylic acids is 1. The van der Waals surface area contributed by atoms with E-state index in [0.29, 0.717) is 17.9 Å². The van der Waals surface area contributed by atoms with Crippen LogP contribution in [-0.2, 0) is 6.54 Å². The zero-order valence-electron chi connectivity index (χ0n) is 12.5. The number of aryl methyl sites for hydroxylation is 1. The minimum Gasteiger partial charge on any atom is -0.307 e. The Bertz CT molecular complexity index is 827. The number of benzene rings is 1. The molecule has 0 saturated heterocycles. The van der Waals surface area contributed by atoms with E-state index in [-0.39, 0.29) is 5.91 Å². The zero-order chi connectivity index (χ0) is 16.2. The van der Waals surface area contributed by atoms with E-state index in [4.69, 9.17) is 0 Å². The van der Waals surface area contributed by atoms with Gasteiger partial charge in [-0.3, -0.25) is 9.78 Å². The number of amides is 1. The molecule has 0 spiro atoms. The van der Waals surface area contributed by atoms with Crippen molar-refractivity contribution in [2.75, 3.05) is 5.32 Å². The first-order chi connectivity index (χ1) is 11.1. The predicted octanol–water partition coefficient (Wildman–Crippen LogP) is 3.65. The van der Waals surface area contributed by atoms with Crippen molar-refractivity contribution in [3.8, 4) is 0 Å². The molecule has 0 aliphatic rings. The van der Waals surface area contributed by atoms with Gasteiger partial charge < -0.3 is 5.32 Å². The van der Waals surface area contributed by atoms with E-state index in [2.05, 4.69) is 31.3 Å². The zero-order valence-corrected chi connectivity index (χ0v) is 14.1. The number of carbonyl (C=O) groups is 1. The highest BCUT2D eigenvalue weighted by molar-refractivity contribution is 9.10. The van der Waals surface area contributed by atoms with Gasteiger partial charge in [0.2, 0.25) is 0 Å². The Labute approximate surface area is 142 Å². The van der Waals surface area contributed by atoms with Crippen molar-refractivity contribution in [2.24, 2.45) is 0 Å². The number of rotatable bonds is 4. The molecule has 23 heavy (non-hydrogen) atoms. The summed E-state index contributed by atoms with van der Waals surface area (Å²) in [5.41, 5.74) is 2.48. The van der Waals surface area contributed by atoms with Crippen LogP contribution < -0.4 is 5.32 Å². The lowest BCUT2D eigenvalue weighted by atomic mass is 10.2. The van der Waals surface area contributed by atoms with Crippen molar-refractivity contribution in [1.29, 1.82) is 0 Å². The molecule has 6 heteroatoms. The first-order valence-corrected chi connectivity index (χ1v) is 7.92. The van der Waals surface area contributed by atoms with Gasteiger partial charge in [-0.15, -0.1) is 0 Å². The van der Waals surface area contributed by atoms with Crippen LogP contribution in [0.15, 0.2) is 59.3 Å². The number of hydrogen-bond donors (Lipinski definition) is 1. The largest absolute Gasteiger partial charge is 0.307 e. The van der Waals surface area contributed by atoms with Gasteiger partial charge in [-0.05, 0) is 30.7 Å². The summed E-state index contributed by atoms with van der Waals surface area (Å²) >= 11 is 3.52. The average Bonchev–Trinajstić information content (AvgIpc) is 2.97. The average molecular weight is 371 g/mol. The Morgan fingerprint density at radius 2 is 2.04 bits per heavy atom. The highest BCUT2D eigenvalue weighted by Crippen LogP contribution is 2.19. The Morgan fingerprint density at radius 1 is 1.22 bits per heavy atom. The van der Waals surface area contributed by atoms with E-state index in [1.807, 2.05) is 37.3 Å². The highest BCUT2D eigenvalue weighted by Gasteiger charge is 2.11. The van der Waals surface area contributed by atoms with Crippen LogP contribution in [0.1, 0.15) is 21.6 Å². The van der Waals surface area contributed by atoms with Gasteiger partial charge in [0.25, 0.3) is 5.91 Å². The fraction of sp³-hybridized carbons (Fsp3) is 0.118. The van der Waals surface area contributed by atoms with Crippen LogP contribution in [0.2, 0.25) is 0 Å². The molecule has 0 atom stereocenters. The van der Waals surface area contributed by atoms with Gasteiger partial charge in [0, 0.05) is 22.4 Å². The van der Waals surface area contributed by atoms with E-state index in [1.165, 1.54) is 0 Å². The number of aromatic nitrogens is 3. The number of nitrogens with zero attached hydrogens (tertiary/aromatic N) is 3. The molecule has 5 nitrogen and oxygen atoms in total. The first-order valence-electron chi connectivity index (χ1n) is 7.13. The molecule has 3 aromatic rings. The molecular weight excluding hydrogens is 356 g/mol. The van der Waals surface area contributed by atoms with Gasteiger partial charge in [0.05, 0.1) is 18.3 Å². The Hall–Kier alpha value is -2.47. The maximum atomic E-state index is 12.3. The molecule has 116 valence electrons. The van der Waals surface area contributed by atoms with Crippen LogP contribution in [-0.4, -0.2) is 20.7 Å². The molecule has 0 saturated carbocycles. The number of hydrogen-bond acceptors (Lipinski definition) is 3. The number of pyridine rings is 1. The number of halogens is 1. The van der Waals surface area contributed by atoms with Crippen LogP contribution in [0.4, 0.5) is 5.82 Å². The summed E-state index contributed by atoms with van der Waals surface area (Å²) in [5, 5.41) is 7.15. The van der Waals surface area contributed by atoms with Crippen LogP contribution in [0.25, 0.3) is 0 Å². The Morgan fingerprint density at radius 3 is 2.78 bits per heavy atom. The van der Waals surface area contributed by atoms with Gasteiger partial charge in [0.15, 0.2) is 0 Å². The second-order valence-corrected chi connectivity index (χ2v) is 5.96. The second kappa shape index (κ2) is 6.75. The monoisotopic (exact) mass is 370 g/mol. The van der Waals surface area contributed by atoms with Crippen molar-refractivity contribution in [1.82, 2.24) is 14.8 Å². The van der Waals surface area contributed by atoms with Gasteiger partial charge in [-0.1, -0.05) is 34.1 Å². The van der Waals surface area contributed by atoms with Crippen LogP contribution in [0, 0.1) is 6.92 Å². The number of nitrogens with one attached hydrogen (secondary N) is 1. The molecular formula is C17H15BrN4O.